The quantitative estimate of drug-likeness (QED) is 0.611. The SMILES string of the molecule is CC1CCCC(C)N1CC1CC1. The lowest BCUT2D eigenvalue weighted by Gasteiger charge is -2.39. The van der Waals surface area contributed by atoms with Gasteiger partial charge < -0.3 is 0 Å². The van der Waals surface area contributed by atoms with Gasteiger partial charge in [-0.3, -0.25) is 4.90 Å². The molecule has 0 aromatic carbocycles. The van der Waals surface area contributed by atoms with E-state index in [1.54, 1.807) is 0 Å². The second kappa shape index (κ2) is 3.37. The van der Waals surface area contributed by atoms with Crippen LogP contribution in [0.3, 0.4) is 0 Å². The van der Waals surface area contributed by atoms with Gasteiger partial charge in [0.2, 0.25) is 0 Å². The zero-order valence-electron chi connectivity index (χ0n) is 8.42. The molecule has 1 saturated heterocycles. The molecule has 2 fully saturated rings. The Hall–Kier alpha value is -0.0400. The lowest BCUT2D eigenvalue weighted by Crippen LogP contribution is -2.44. The van der Waals surface area contributed by atoms with Gasteiger partial charge in [0.05, 0.1) is 0 Å². The van der Waals surface area contributed by atoms with Crippen LogP contribution in [0.25, 0.3) is 0 Å². The van der Waals surface area contributed by atoms with Crippen LogP contribution in [0.2, 0.25) is 0 Å². The molecule has 12 heavy (non-hydrogen) atoms. The van der Waals surface area contributed by atoms with Crippen molar-refractivity contribution in [3.05, 3.63) is 0 Å². The summed E-state index contributed by atoms with van der Waals surface area (Å²) < 4.78 is 0. The highest BCUT2D eigenvalue weighted by Crippen LogP contribution is 2.33. The third-order valence-electron chi connectivity index (χ3n) is 3.54. The first-order valence-corrected chi connectivity index (χ1v) is 5.53. The highest BCUT2D eigenvalue weighted by atomic mass is 15.2. The highest BCUT2D eigenvalue weighted by Gasteiger charge is 2.30. The maximum absolute atomic E-state index is 2.74. The number of hydrogen-bond acceptors (Lipinski definition) is 1. The largest absolute Gasteiger partial charge is 0.298 e. The summed E-state index contributed by atoms with van der Waals surface area (Å²) in [5.41, 5.74) is 0. The summed E-state index contributed by atoms with van der Waals surface area (Å²) in [5.74, 6) is 1.06. The highest BCUT2D eigenvalue weighted by molar-refractivity contribution is 4.85. The molecule has 2 atom stereocenters. The minimum atomic E-state index is 0.856. The van der Waals surface area contributed by atoms with Crippen LogP contribution in [0.1, 0.15) is 46.0 Å². The predicted octanol–water partition coefficient (Wildman–Crippen LogP) is 2.66. The molecular weight excluding hydrogens is 146 g/mol. The van der Waals surface area contributed by atoms with Crippen LogP contribution in [-0.2, 0) is 0 Å². The molecule has 0 aromatic heterocycles. The van der Waals surface area contributed by atoms with Crippen LogP contribution in [0.5, 0.6) is 0 Å². The molecule has 0 radical (unpaired) electrons. The van der Waals surface area contributed by atoms with Crippen LogP contribution in [0, 0.1) is 5.92 Å². The normalized spacial score (nSPS) is 38.5. The van der Waals surface area contributed by atoms with Crippen molar-refractivity contribution >= 4 is 0 Å². The standard InChI is InChI=1S/C11H21N/c1-9-4-3-5-10(2)12(9)8-11-6-7-11/h9-11H,3-8H2,1-2H3. The van der Waals surface area contributed by atoms with Crippen molar-refractivity contribution < 1.29 is 0 Å². The van der Waals surface area contributed by atoms with E-state index in [0.29, 0.717) is 0 Å². The first-order valence-electron chi connectivity index (χ1n) is 5.53. The van der Waals surface area contributed by atoms with Crippen LogP contribution >= 0.6 is 0 Å². The van der Waals surface area contributed by atoms with Gasteiger partial charge in [-0.05, 0) is 45.4 Å². The number of rotatable bonds is 2. The zero-order valence-corrected chi connectivity index (χ0v) is 8.42. The van der Waals surface area contributed by atoms with E-state index in [1.165, 1.54) is 38.6 Å². The van der Waals surface area contributed by atoms with E-state index in [1.807, 2.05) is 0 Å². The molecule has 1 aliphatic carbocycles. The Bertz CT molecular complexity index is 141. The van der Waals surface area contributed by atoms with Crippen molar-refractivity contribution in [2.45, 2.75) is 58.0 Å². The molecule has 2 unspecified atom stereocenters. The Morgan fingerprint density at radius 3 is 2.08 bits per heavy atom. The van der Waals surface area contributed by atoms with E-state index in [4.69, 9.17) is 0 Å². The maximum atomic E-state index is 2.74. The number of nitrogens with zero attached hydrogens (tertiary/aromatic N) is 1. The van der Waals surface area contributed by atoms with Crippen molar-refractivity contribution in [1.29, 1.82) is 0 Å². The van der Waals surface area contributed by atoms with E-state index in [9.17, 15) is 0 Å². The minimum absolute atomic E-state index is 0.856. The molecule has 1 heteroatoms. The molecule has 0 spiro atoms. The zero-order chi connectivity index (χ0) is 8.55. The summed E-state index contributed by atoms with van der Waals surface area (Å²) >= 11 is 0. The fourth-order valence-electron chi connectivity index (χ4n) is 2.43. The van der Waals surface area contributed by atoms with E-state index >= 15 is 0 Å². The fourth-order valence-corrected chi connectivity index (χ4v) is 2.43. The number of likely N-dealkylation sites (tertiary alicyclic amines) is 1. The van der Waals surface area contributed by atoms with Gasteiger partial charge >= 0.3 is 0 Å². The molecule has 0 N–H and O–H groups in total. The summed E-state index contributed by atoms with van der Waals surface area (Å²) in [5, 5.41) is 0. The Kier molecular flexibility index (Phi) is 2.40. The van der Waals surface area contributed by atoms with Gasteiger partial charge in [-0.15, -0.1) is 0 Å². The Labute approximate surface area is 76.1 Å². The Morgan fingerprint density at radius 1 is 1.00 bits per heavy atom. The van der Waals surface area contributed by atoms with E-state index < -0.39 is 0 Å². The minimum Gasteiger partial charge on any atom is -0.298 e. The second-order valence-corrected chi connectivity index (χ2v) is 4.77. The summed E-state index contributed by atoms with van der Waals surface area (Å²) in [7, 11) is 0. The molecule has 2 aliphatic rings. The lowest BCUT2D eigenvalue weighted by molar-refractivity contribution is 0.0979. The molecular formula is C11H21N. The summed E-state index contributed by atoms with van der Waals surface area (Å²) in [6.07, 6.45) is 7.30. The third kappa shape index (κ3) is 1.82. The molecule has 0 aromatic rings. The first kappa shape index (κ1) is 8.55. The lowest BCUT2D eigenvalue weighted by atomic mass is 9.97. The predicted molar refractivity (Wildman–Crippen MR) is 52.2 cm³/mol. The molecule has 1 heterocycles. The van der Waals surface area contributed by atoms with E-state index in [0.717, 1.165) is 18.0 Å². The molecule has 1 saturated carbocycles. The average Bonchev–Trinajstić information content (AvgIpc) is 2.80. The van der Waals surface area contributed by atoms with Crippen molar-refractivity contribution in [3.8, 4) is 0 Å². The Balaban J connectivity index is 1.88. The summed E-state index contributed by atoms with van der Waals surface area (Å²) in [6, 6.07) is 1.71. The van der Waals surface area contributed by atoms with Crippen LogP contribution in [0.15, 0.2) is 0 Å². The van der Waals surface area contributed by atoms with Gasteiger partial charge in [0.1, 0.15) is 0 Å². The average molecular weight is 167 g/mol. The van der Waals surface area contributed by atoms with Gasteiger partial charge in [0.15, 0.2) is 0 Å². The smallest absolute Gasteiger partial charge is 0.00698 e. The van der Waals surface area contributed by atoms with Crippen molar-refractivity contribution in [3.63, 3.8) is 0 Å². The maximum Gasteiger partial charge on any atom is 0.00698 e. The molecule has 70 valence electrons. The fraction of sp³-hybridized carbons (Fsp3) is 1.00. The van der Waals surface area contributed by atoms with Crippen LogP contribution in [0.4, 0.5) is 0 Å². The topological polar surface area (TPSA) is 3.24 Å². The summed E-state index contributed by atoms with van der Waals surface area (Å²) in [6.45, 7) is 6.19. The van der Waals surface area contributed by atoms with E-state index in [2.05, 4.69) is 18.7 Å². The summed E-state index contributed by atoms with van der Waals surface area (Å²) in [4.78, 5) is 2.74. The number of piperidine rings is 1. The molecule has 1 aliphatic heterocycles. The molecule has 0 bridgehead atoms. The van der Waals surface area contributed by atoms with E-state index in [-0.39, 0.29) is 0 Å². The van der Waals surface area contributed by atoms with Gasteiger partial charge in [0, 0.05) is 18.6 Å². The van der Waals surface area contributed by atoms with Gasteiger partial charge in [0.25, 0.3) is 0 Å². The molecule has 0 amide bonds. The Morgan fingerprint density at radius 2 is 1.58 bits per heavy atom. The van der Waals surface area contributed by atoms with Crippen molar-refractivity contribution in [2.24, 2.45) is 5.92 Å². The molecule has 2 rings (SSSR count). The first-order chi connectivity index (χ1) is 5.77. The van der Waals surface area contributed by atoms with Gasteiger partial charge in [-0.2, -0.15) is 0 Å². The van der Waals surface area contributed by atoms with Crippen LogP contribution < -0.4 is 0 Å². The van der Waals surface area contributed by atoms with Gasteiger partial charge in [-0.1, -0.05) is 6.42 Å². The molecule has 1 nitrogen and oxygen atoms in total. The number of hydrogen-bond donors (Lipinski definition) is 0. The van der Waals surface area contributed by atoms with Crippen LogP contribution in [-0.4, -0.2) is 23.5 Å². The third-order valence-corrected chi connectivity index (χ3v) is 3.54. The van der Waals surface area contributed by atoms with Crippen molar-refractivity contribution in [2.75, 3.05) is 6.54 Å². The van der Waals surface area contributed by atoms with Gasteiger partial charge in [-0.25, -0.2) is 0 Å². The van der Waals surface area contributed by atoms with Crippen molar-refractivity contribution in [1.82, 2.24) is 4.90 Å². The monoisotopic (exact) mass is 167 g/mol. The second-order valence-electron chi connectivity index (χ2n) is 4.77.